The van der Waals surface area contributed by atoms with E-state index >= 15 is 0 Å². The van der Waals surface area contributed by atoms with Crippen molar-refractivity contribution >= 4 is 34.8 Å². The van der Waals surface area contributed by atoms with Crippen LogP contribution in [0.2, 0.25) is 0 Å². The molecule has 1 saturated heterocycles. The van der Waals surface area contributed by atoms with Gasteiger partial charge in [0, 0.05) is 54.7 Å². The van der Waals surface area contributed by atoms with E-state index in [9.17, 15) is 14.4 Å². The van der Waals surface area contributed by atoms with E-state index in [1.165, 1.54) is 4.90 Å². The molecule has 0 bridgehead atoms. The number of hydrogen-bond donors (Lipinski definition) is 3. The number of hydrogen-bond acceptors (Lipinski definition) is 5. The van der Waals surface area contributed by atoms with Crippen molar-refractivity contribution in [2.45, 2.75) is 12.8 Å². The first-order valence-electron chi connectivity index (χ1n) is 10.5. The Balaban J connectivity index is 1.40. The number of rotatable bonds is 7. The molecule has 2 aliphatic rings. The predicted molar refractivity (Wildman–Crippen MR) is 119 cm³/mol. The van der Waals surface area contributed by atoms with E-state index in [2.05, 4.69) is 15.5 Å². The fourth-order valence-electron chi connectivity index (χ4n) is 3.66. The van der Waals surface area contributed by atoms with Crippen molar-refractivity contribution in [2.75, 3.05) is 47.8 Å². The minimum atomic E-state index is -1.06. The van der Waals surface area contributed by atoms with Crippen LogP contribution in [0.25, 0.3) is 0 Å². The maximum absolute atomic E-state index is 12.6. The summed E-state index contributed by atoms with van der Waals surface area (Å²) in [6.45, 7) is 3.42. The number of carbonyl (C=O) groups is 3. The molecule has 2 aromatic carbocycles. The number of carbonyl (C=O) groups excluding carboxylic acids is 2. The number of anilines is 3. The van der Waals surface area contributed by atoms with Crippen LogP contribution in [0, 0.1) is 5.92 Å². The number of nitrogens with zero attached hydrogens (tertiary/aromatic N) is 2. The van der Waals surface area contributed by atoms with E-state index < -0.39 is 5.97 Å². The summed E-state index contributed by atoms with van der Waals surface area (Å²) in [6, 6.07) is 14.2. The monoisotopic (exact) mass is 422 g/mol. The Bertz CT molecular complexity index is 949. The predicted octanol–water partition coefficient (Wildman–Crippen LogP) is 2.18. The molecule has 0 unspecified atom stereocenters. The minimum absolute atomic E-state index is 0.0806. The summed E-state index contributed by atoms with van der Waals surface area (Å²) in [5.41, 5.74) is 2.74. The Hall–Kier alpha value is -3.39. The highest BCUT2D eigenvalue weighted by molar-refractivity contribution is 6.05. The van der Waals surface area contributed by atoms with E-state index in [1.807, 2.05) is 24.3 Å². The summed E-state index contributed by atoms with van der Waals surface area (Å²) in [6.07, 6.45) is 1.60. The lowest BCUT2D eigenvalue weighted by molar-refractivity contribution is -0.136. The summed E-state index contributed by atoms with van der Waals surface area (Å²) < 4.78 is 0. The van der Waals surface area contributed by atoms with Crippen LogP contribution in [-0.2, 0) is 9.59 Å². The van der Waals surface area contributed by atoms with Gasteiger partial charge in [0.05, 0.1) is 0 Å². The zero-order valence-electron chi connectivity index (χ0n) is 17.2. The van der Waals surface area contributed by atoms with E-state index in [0.29, 0.717) is 16.9 Å². The standard InChI is InChI=1S/C23H26N4O4/c28-21(29)15-27(23(31)17-1-2-17)20-9-5-18(6-10-20)25-22(30)16-3-7-19(8-4-16)26-13-11-24-12-14-26/h3-10,17,24H,1-2,11-15H2,(H,25,30)(H,28,29). The van der Waals surface area contributed by atoms with Gasteiger partial charge in [0.2, 0.25) is 5.91 Å². The minimum Gasteiger partial charge on any atom is -0.480 e. The zero-order chi connectivity index (χ0) is 21.8. The normalized spacial score (nSPS) is 15.9. The number of carboxylic acid groups (broad SMARTS) is 1. The third-order valence-electron chi connectivity index (χ3n) is 5.53. The summed E-state index contributed by atoms with van der Waals surface area (Å²) in [5.74, 6) is -1.53. The van der Waals surface area contributed by atoms with Gasteiger partial charge in [0.25, 0.3) is 5.91 Å². The lowest BCUT2D eigenvalue weighted by Crippen LogP contribution is -2.43. The summed E-state index contributed by atoms with van der Waals surface area (Å²) in [5, 5.41) is 15.3. The molecule has 0 aromatic heterocycles. The van der Waals surface area contributed by atoms with Crippen molar-refractivity contribution in [1.82, 2.24) is 5.32 Å². The maximum Gasteiger partial charge on any atom is 0.323 e. The van der Waals surface area contributed by atoms with Gasteiger partial charge in [-0.3, -0.25) is 14.4 Å². The molecule has 8 heteroatoms. The van der Waals surface area contributed by atoms with Crippen molar-refractivity contribution < 1.29 is 19.5 Å². The molecule has 1 heterocycles. The van der Waals surface area contributed by atoms with E-state index in [0.717, 1.165) is 44.7 Å². The summed E-state index contributed by atoms with van der Waals surface area (Å²) >= 11 is 0. The van der Waals surface area contributed by atoms with Crippen LogP contribution in [0.1, 0.15) is 23.2 Å². The topological polar surface area (TPSA) is 102 Å². The lowest BCUT2D eigenvalue weighted by atomic mass is 10.1. The van der Waals surface area contributed by atoms with Crippen molar-refractivity contribution in [1.29, 1.82) is 0 Å². The molecule has 31 heavy (non-hydrogen) atoms. The van der Waals surface area contributed by atoms with Crippen LogP contribution in [0.3, 0.4) is 0 Å². The molecule has 0 atom stereocenters. The first-order valence-corrected chi connectivity index (χ1v) is 10.5. The Kier molecular flexibility index (Phi) is 6.18. The average molecular weight is 422 g/mol. The first-order chi connectivity index (χ1) is 15.0. The Morgan fingerprint density at radius 3 is 2.23 bits per heavy atom. The number of amides is 2. The second-order valence-electron chi connectivity index (χ2n) is 7.88. The van der Waals surface area contributed by atoms with Gasteiger partial charge in [-0.15, -0.1) is 0 Å². The van der Waals surface area contributed by atoms with Crippen LogP contribution in [0.5, 0.6) is 0 Å². The average Bonchev–Trinajstić information content (AvgIpc) is 3.64. The Morgan fingerprint density at radius 2 is 1.65 bits per heavy atom. The van der Waals surface area contributed by atoms with Crippen molar-refractivity contribution in [3.63, 3.8) is 0 Å². The molecular formula is C23H26N4O4. The lowest BCUT2D eigenvalue weighted by Gasteiger charge is -2.29. The maximum atomic E-state index is 12.6. The molecule has 1 saturated carbocycles. The van der Waals surface area contributed by atoms with Crippen molar-refractivity contribution in [3.8, 4) is 0 Å². The summed E-state index contributed by atoms with van der Waals surface area (Å²) in [7, 11) is 0. The van der Waals surface area contributed by atoms with Crippen LogP contribution in [0.4, 0.5) is 17.1 Å². The van der Waals surface area contributed by atoms with Gasteiger partial charge in [-0.05, 0) is 61.4 Å². The molecule has 0 radical (unpaired) electrons. The second-order valence-corrected chi connectivity index (χ2v) is 7.88. The Labute approximate surface area is 180 Å². The van der Waals surface area contributed by atoms with Gasteiger partial charge < -0.3 is 25.5 Å². The molecule has 0 spiro atoms. The quantitative estimate of drug-likeness (QED) is 0.632. The zero-order valence-corrected chi connectivity index (χ0v) is 17.2. The van der Waals surface area contributed by atoms with Gasteiger partial charge in [-0.25, -0.2) is 0 Å². The second kappa shape index (κ2) is 9.18. The van der Waals surface area contributed by atoms with E-state index in [4.69, 9.17) is 5.11 Å². The molecule has 162 valence electrons. The molecule has 2 fully saturated rings. The van der Waals surface area contributed by atoms with Gasteiger partial charge in [-0.1, -0.05) is 0 Å². The molecule has 2 amide bonds. The van der Waals surface area contributed by atoms with Crippen LogP contribution < -0.4 is 20.4 Å². The van der Waals surface area contributed by atoms with Crippen molar-refractivity contribution in [2.24, 2.45) is 5.92 Å². The number of piperazine rings is 1. The number of carboxylic acids is 1. The third kappa shape index (κ3) is 5.21. The summed E-state index contributed by atoms with van der Waals surface area (Å²) in [4.78, 5) is 39.8. The van der Waals surface area contributed by atoms with Crippen LogP contribution >= 0.6 is 0 Å². The SMILES string of the molecule is O=C(O)CN(C(=O)C1CC1)c1ccc(NC(=O)c2ccc(N3CCNCC3)cc2)cc1. The fraction of sp³-hybridized carbons (Fsp3) is 0.348. The highest BCUT2D eigenvalue weighted by atomic mass is 16.4. The smallest absolute Gasteiger partial charge is 0.323 e. The molecular weight excluding hydrogens is 396 g/mol. The number of aliphatic carboxylic acids is 1. The van der Waals surface area contributed by atoms with Crippen LogP contribution in [0.15, 0.2) is 48.5 Å². The molecule has 8 nitrogen and oxygen atoms in total. The van der Waals surface area contributed by atoms with E-state index in [1.54, 1.807) is 24.3 Å². The largest absolute Gasteiger partial charge is 0.480 e. The first kappa shape index (κ1) is 20.9. The van der Waals surface area contributed by atoms with E-state index in [-0.39, 0.29) is 24.3 Å². The van der Waals surface area contributed by atoms with Crippen molar-refractivity contribution in [3.05, 3.63) is 54.1 Å². The van der Waals surface area contributed by atoms with Gasteiger partial charge >= 0.3 is 5.97 Å². The number of nitrogens with one attached hydrogen (secondary N) is 2. The third-order valence-corrected chi connectivity index (χ3v) is 5.53. The van der Waals surface area contributed by atoms with Crippen LogP contribution in [-0.4, -0.2) is 55.6 Å². The molecule has 1 aliphatic heterocycles. The van der Waals surface area contributed by atoms with Gasteiger partial charge in [0.15, 0.2) is 0 Å². The van der Waals surface area contributed by atoms with Gasteiger partial charge in [0.1, 0.15) is 6.54 Å². The highest BCUT2D eigenvalue weighted by Crippen LogP contribution is 2.33. The molecule has 3 N–H and O–H groups in total. The molecule has 2 aromatic rings. The molecule has 1 aliphatic carbocycles. The Morgan fingerprint density at radius 1 is 1.00 bits per heavy atom. The van der Waals surface area contributed by atoms with Gasteiger partial charge in [-0.2, -0.15) is 0 Å². The highest BCUT2D eigenvalue weighted by Gasteiger charge is 2.34. The molecule has 4 rings (SSSR count). The number of benzene rings is 2. The fourth-order valence-corrected chi connectivity index (χ4v) is 3.66.